The number of aromatic nitrogens is 2. The van der Waals surface area contributed by atoms with E-state index in [2.05, 4.69) is 15.5 Å². The van der Waals surface area contributed by atoms with E-state index in [0.717, 1.165) is 19.4 Å². The molecule has 1 fully saturated rings. The van der Waals surface area contributed by atoms with E-state index in [4.69, 9.17) is 4.74 Å². The highest BCUT2D eigenvalue weighted by atomic mass is 32.2. The molecule has 7 nitrogen and oxygen atoms in total. The Bertz CT molecular complexity index is 537. The monoisotopic (exact) mass is 316 g/mol. The van der Waals surface area contributed by atoms with E-state index >= 15 is 0 Å². The van der Waals surface area contributed by atoms with Gasteiger partial charge in [-0.25, -0.2) is 8.42 Å². The van der Waals surface area contributed by atoms with Crippen molar-refractivity contribution in [3.8, 4) is 0 Å². The molecule has 1 aromatic heterocycles. The molecule has 120 valence electrons. The second-order valence-electron chi connectivity index (χ2n) is 5.35. The third kappa shape index (κ3) is 4.03. The van der Waals surface area contributed by atoms with Crippen LogP contribution in [0.15, 0.2) is 11.2 Å². The number of nitrogens with one attached hydrogen (secondary N) is 2. The van der Waals surface area contributed by atoms with Gasteiger partial charge in [0.2, 0.25) is 0 Å². The Labute approximate surface area is 126 Å². The lowest BCUT2D eigenvalue weighted by atomic mass is 10.0. The largest absolute Gasteiger partial charge is 0.381 e. The summed E-state index contributed by atoms with van der Waals surface area (Å²) in [5.41, 5.74) is 0.677. The lowest BCUT2D eigenvalue weighted by Crippen LogP contribution is -2.35. The fraction of sp³-hybridized carbons (Fsp3) is 0.769. The first kappa shape index (κ1) is 16.4. The molecule has 0 aliphatic carbocycles. The first-order valence-corrected chi connectivity index (χ1v) is 8.76. The van der Waals surface area contributed by atoms with E-state index in [0.29, 0.717) is 37.8 Å². The normalized spacial score (nSPS) is 17.5. The van der Waals surface area contributed by atoms with Crippen LogP contribution in [0.25, 0.3) is 0 Å². The van der Waals surface area contributed by atoms with Gasteiger partial charge in [0.1, 0.15) is 0 Å². The van der Waals surface area contributed by atoms with E-state index in [-0.39, 0.29) is 5.03 Å². The zero-order valence-corrected chi connectivity index (χ0v) is 13.4. The quantitative estimate of drug-likeness (QED) is 0.768. The van der Waals surface area contributed by atoms with Crippen molar-refractivity contribution in [3.05, 3.63) is 11.8 Å². The van der Waals surface area contributed by atoms with Gasteiger partial charge in [-0.15, -0.1) is 0 Å². The summed E-state index contributed by atoms with van der Waals surface area (Å²) in [6.45, 7) is 5.20. The van der Waals surface area contributed by atoms with Crippen LogP contribution in [0.5, 0.6) is 0 Å². The predicted molar refractivity (Wildman–Crippen MR) is 79.3 cm³/mol. The zero-order chi connectivity index (χ0) is 15.3. The number of hydrogen-bond donors (Lipinski definition) is 2. The highest BCUT2D eigenvalue weighted by molar-refractivity contribution is 7.89. The van der Waals surface area contributed by atoms with Crippen LogP contribution >= 0.6 is 0 Å². The topological polar surface area (TPSA) is 87.3 Å². The average molecular weight is 316 g/mol. The molecule has 1 aromatic rings. The summed E-state index contributed by atoms with van der Waals surface area (Å²) in [6, 6.07) is 0. The van der Waals surface area contributed by atoms with Gasteiger partial charge in [0.05, 0.1) is 6.20 Å². The number of ether oxygens (including phenoxy) is 1. The molecule has 0 spiro atoms. The number of H-pyrrole nitrogens is 1. The summed E-state index contributed by atoms with van der Waals surface area (Å²) in [5.74, 6) is 0.360. The fourth-order valence-electron chi connectivity index (χ4n) is 2.45. The molecule has 2 rings (SSSR count). The minimum Gasteiger partial charge on any atom is -0.381 e. The van der Waals surface area contributed by atoms with Gasteiger partial charge in [0.15, 0.2) is 5.03 Å². The van der Waals surface area contributed by atoms with Crippen molar-refractivity contribution in [2.75, 3.05) is 33.4 Å². The van der Waals surface area contributed by atoms with Crippen LogP contribution in [-0.2, 0) is 21.3 Å². The molecule has 21 heavy (non-hydrogen) atoms. The maximum absolute atomic E-state index is 12.6. The number of sulfonamides is 1. The Morgan fingerprint density at radius 2 is 2.19 bits per heavy atom. The lowest BCUT2D eigenvalue weighted by molar-refractivity contribution is 0.0620. The molecule has 0 aromatic carbocycles. The Morgan fingerprint density at radius 1 is 1.48 bits per heavy atom. The first-order chi connectivity index (χ1) is 10.1. The molecule has 8 heteroatoms. The van der Waals surface area contributed by atoms with Crippen LogP contribution in [0.2, 0.25) is 0 Å². The van der Waals surface area contributed by atoms with Gasteiger partial charge < -0.3 is 10.1 Å². The van der Waals surface area contributed by atoms with Gasteiger partial charge in [-0.3, -0.25) is 5.10 Å². The van der Waals surface area contributed by atoms with Gasteiger partial charge in [0, 0.05) is 38.9 Å². The van der Waals surface area contributed by atoms with Crippen LogP contribution in [0, 0.1) is 5.92 Å². The Kier molecular flexibility index (Phi) is 5.74. The second kappa shape index (κ2) is 7.35. The number of rotatable bonds is 7. The van der Waals surface area contributed by atoms with Crippen molar-refractivity contribution < 1.29 is 13.2 Å². The second-order valence-corrected chi connectivity index (χ2v) is 7.33. The van der Waals surface area contributed by atoms with E-state index in [1.807, 2.05) is 6.92 Å². The minimum absolute atomic E-state index is 0.193. The van der Waals surface area contributed by atoms with Crippen molar-refractivity contribution in [2.24, 2.45) is 5.92 Å². The molecule has 1 aliphatic rings. The molecule has 2 heterocycles. The maximum Gasteiger partial charge on any atom is 0.260 e. The fourth-order valence-corrected chi connectivity index (χ4v) is 3.80. The van der Waals surface area contributed by atoms with E-state index in [1.54, 1.807) is 13.2 Å². The van der Waals surface area contributed by atoms with E-state index in [9.17, 15) is 8.42 Å². The Balaban J connectivity index is 2.07. The van der Waals surface area contributed by atoms with Gasteiger partial charge >= 0.3 is 0 Å². The first-order valence-electron chi connectivity index (χ1n) is 7.32. The molecule has 0 radical (unpaired) electrons. The van der Waals surface area contributed by atoms with E-state index in [1.165, 1.54) is 4.31 Å². The van der Waals surface area contributed by atoms with Crippen molar-refractivity contribution >= 4 is 10.0 Å². The molecular formula is C13H24N4O3S. The van der Waals surface area contributed by atoms with Gasteiger partial charge in [0.25, 0.3) is 10.0 Å². The molecule has 0 atom stereocenters. The third-order valence-corrected chi connectivity index (χ3v) is 5.61. The summed E-state index contributed by atoms with van der Waals surface area (Å²) in [6.07, 6.45) is 3.39. The van der Waals surface area contributed by atoms with Crippen LogP contribution in [0.4, 0.5) is 0 Å². The minimum atomic E-state index is -3.52. The lowest BCUT2D eigenvalue weighted by Gasteiger charge is -2.26. The van der Waals surface area contributed by atoms with Crippen molar-refractivity contribution in [2.45, 2.75) is 31.3 Å². The molecule has 2 N–H and O–H groups in total. The van der Waals surface area contributed by atoms with Crippen LogP contribution < -0.4 is 5.32 Å². The number of aromatic amines is 1. The van der Waals surface area contributed by atoms with Crippen LogP contribution in [-0.4, -0.2) is 56.3 Å². The van der Waals surface area contributed by atoms with Crippen molar-refractivity contribution in [1.82, 2.24) is 19.8 Å². The van der Waals surface area contributed by atoms with Gasteiger partial charge in [-0.05, 0) is 25.3 Å². The molecule has 1 aliphatic heterocycles. The predicted octanol–water partition coefficient (Wildman–Crippen LogP) is 0.566. The average Bonchev–Trinajstić information content (AvgIpc) is 2.95. The van der Waals surface area contributed by atoms with Crippen molar-refractivity contribution in [3.63, 3.8) is 0 Å². The number of nitrogens with zero attached hydrogens (tertiary/aromatic N) is 2. The molecule has 0 saturated carbocycles. The molecule has 0 unspecified atom stereocenters. The molecule has 0 amide bonds. The van der Waals surface area contributed by atoms with Crippen LogP contribution in [0.3, 0.4) is 0 Å². The molecule has 0 bridgehead atoms. The summed E-state index contributed by atoms with van der Waals surface area (Å²) in [7, 11) is -1.89. The Hall–Kier alpha value is -0.960. The maximum atomic E-state index is 12.6. The molecular weight excluding hydrogens is 292 g/mol. The van der Waals surface area contributed by atoms with E-state index < -0.39 is 10.0 Å². The summed E-state index contributed by atoms with van der Waals surface area (Å²) in [5, 5.41) is 9.83. The Morgan fingerprint density at radius 3 is 2.86 bits per heavy atom. The SMILES string of the molecule is CCNCc1cn[nH]c1S(=O)(=O)N(C)CC1CCOCC1. The zero-order valence-electron chi connectivity index (χ0n) is 12.6. The number of hydrogen-bond acceptors (Lipinski definition) is 5. The van der Waals surface area contributed by atoms with Gasteiger partial charge in [-0.1, -0.05) is 6.92 Å². The summed E-state index contributed by atoms with van der Waals surface area (Å²) < 4.78 is 32.0. The summed E-state index contributed by atoms with van der Waals surface area (Å²) >= 11 is 0. The molecule has 1 saturated heterocycles. The summed E-state index contributed by atoms with van der Waals surface area (Å²) in [4.78, 5) is 0. The third-order valence-electron chi connectivity index (χ3n) is 3.77. The van der Waals surface area contributed by atoms with Crippen molar-refractivity contribution in [1.29, 1.82) is 0 Å². The highest BCUT2D eigenvalue weighted by Crippen LogP contribution is 2.21. The smallest absolute Gasteiger partial charge is 0.260 e. The van der Waals surface area contributed by atoms with Gasteiger partial charge in [-0.2, -0.15) is 9.40 Å². The highest BCUT2D eigenvalue weighted by Gasteiger charge is 2.28. The standard InChI is InChI=1S/C13H24N4O3S/c1-3-14-8-12-9-15-16-13(12)21(18,19)17(2)10-11-4-6-20-7-5-11/h9,11,14H,3-8,10H2,1-2H3,(H,15,16). The van der Waals surface area contributed by atoms with Crippen LogP contribution in [0.1, 0.15) is 25.3 Å².